The molecule has 2 heterocycles. The van der Waals surface area contributed by atoms with Gasteiger partial charge in [0.1, 0.15) is 0 Å². The fourth-order valence-corrected chi connectivity index (χ4v) is 4.88. The van der Waals surface area contributed by atoms with E-state index < -0.39 is 0 Å². The summed E-state index contributed by atoms with van der Waals surface area (Å²) in [4.78, 5) is 0. The Morgan fingerprint density at radius 3 is 2.42 bits per heavy atom. The second kappa shape index (κ2) is 5.20. The van der Waals surface area contributed by atoms with Crippen LogP contribution >= 0.6 is 11.3 Å². The van der Waals surface area contributed by atoms with Crippen LogP contribution in [0.1, 0.15) is 0 Å². The van der Waals surface area contributed by atoms with Crippen molar-refractivity contribution >= 4 is 54.0 Å². The first kappa shape index (κ1) is 14.1. The van der Waals surface area contributed by atoms with Crippen LogP contribution in [0.4, 0.5) is 0 Å². The van der Waals surface area contributed by atoms with Gasteiger partial charge >= 0.3 is 0 Å². The van der Waals surface area contributed by atoms with Crippen molar-refractivity contribution in [3.63, 3.8) is 0 Å². The Hall–Kier alpha value is -3.10. The molecule has 0 fully saturated rings. The van der Waals surface area contributed by atoms with Gasteiger partial charge in [-0.25, -0.2) is 0 Å². The maximum absolute atomic E-state index is 2.42. The zero-order valence-electron chi connectivity index (χ0n) is 14.0. The smallest absolute Gasteiger partial charge is 0.0627 e. The number of hydrogen-bond donors (Lipinski definition) is 0. The van der Waals surface area contributed by atoms with Crippen LogP contribution in [0.2, 0.25) is 0 Å². The predicted octanol–water partition coefficient (Wildman–Crippen LogP) is 7.15. The summed E-state index contributed by atoms with van der Waals surface area (Å²) >= 11 is 1.81. The van der Waals surface area contributed by atoms with Crippen molar-refractivity contribution < 1.29 is 0 Å². The second-order valence-electron chi connectivity index (χ2n) is 6.68. The largest absolute Gasteiger partial charge is 0.309 e. The summed E-state index contributed by atoms with van der Waals surface area (Å²) < 4.78 is 3.76. The first-order valence-corrected chi connectivity index (χ1v) is 9.67. The van der Waals surface area contributed by atoms with Gasteiger partial charge in [-0.3, -0.25) is 0 Å². The molecule has 0 amide bonds. The molecule has 0 spiro atoms. The minimum Gasteiger partial charge on any atom is -0.309 e. The highest BCUT2D eigenvalue weighted by atomic mass is 32.1. The van der Waals surface area contributed by atoms with Crippen LogP contribution in [0, 0.1) is 0 Å². The quantitative estimate of drug-likeness (QED) is 0.297. The van der Waals surface area contributed by atoms with Gasteiger partial charge in [-0.1, -0.05) is 54.6 Å². The zero-order valence-corrected chi connectivity index (χ0v) is 14.8. The van der Waals surface area contributed by atoms with Crippen LogP contribution < -0.4 is 0 Å². The number of fused-ring (bicyclic) bond motifs is 6. The topological polar surface area (TPSA) is 4.93 Å². The average Bonchev–Trinajstić information content (AvgIpc) is 3.30. The van der Waals surface area contributed by atoms with E-state index in [1.807, 2.05) is 0 Å². The number of rotatable bonds is 1. The van der Waals surface area contributed by atoms with Crippen molar-refractivity contribution in [2.24, 2.45) is 0 Å². The van der Waals surface area contributed by atoms with E-state index in [0.717, 1.165) is 0 Å². The average molecular weight is 349 g/mol. The lowest BCUT2D eigenvalue weighted by atomic mass is 10.1. The van der Waals surface area contributed by atoms with E-state index in [4.69, 9.17) is 0 Å². The highest BCUT2D eigenvalue weighted by Gasteiger charge is 2.15. The Kier molecular flexibility index (Phi) is 2.82. The van der Waals surface area contributed by atoms with Gasteiger partial charge in [-0.15, -0.1) is 11.3 Å². The molecule has 2 heteroatoms. The highest BCUT2D eigenvalue weighted by Crippen LogP contribution is 2.38. The summed E-state index contributed by atoms with van der Waals surface area (Å²) in [6.07, 6.45) is 0. The molecule has 0 N–H and O–H groups in total. The number of thiophene rings is 1. The van der Waals surface area contributed by atoms with Crippen LogP contribution in [0.15, 0.2) is 90.3 Å². The molecule has 6 rings (SSSR count). The SMILES string of the molecule is c1ccc2cc(-n3c4ccccc4c4ccc5sccc5c43)ccc2c1. The Morgan fingerprint density at radius 2 is 1.46 bits per heavy atom. The third-order valence-corrected chi connectivity index (χ3v) is 6.14. The number of nitrogens with zero attached hydrogens (tertiary/aromatic N) is 1. The number of benzene rings is 4. The molecular formula is C24H15NS. The summed E-state index contributed by atoms with van der Waals surface area (Å²) in [6, 6.07) is 30.8. The van der Waals surface area contributed by atoms with Crippen molar-refractivity contribution in [1.82, 2.24) is 4.57 Å². The standard InChI is InChI=1S/C24H15NS/c1-2-6-17-15-18(10-9-16(17)5-1)25-22-8-4-3-7-19(22)20-11-12-23-21(24(20)25)13-14-26-23/h1-15H. The van der Waals surface area contributed by atoms with Gasteiger partial charge in [0.2, 0.25) is 0 Å². The fraction of sp³-hybridized carbons (Fsp3) is 0. The third kappa shape index (κ3) is 1.85. The summed E-state index contributed by atoms with van der Waals surface area (Å²) in [5, 5.41) is 8.69. The van der Waals surface area contributed by atoms with Gasteiger partial charge in [0.05, 0.1) is 11.0 Å². The van der Waals surface area contributed by atoms with E-state index in [1.165, 1.54) is 48.4 Å². The van der Waals surface area contributed by atoms with Gasteiger partial charge in [0.25, 0.3) is 0 Å². The molecule has 0 bridgehead atoms. The Morgan fingerprint density at radius 1 is 0.615 bits per heavy atom. The molecule has 122 valence electrons. The predicted molar refractivity (Wildman–Crippen MR) is 114 cm³/mol. The molecule has 0 saturated carbocycles. The molecule has 0 aliphatic rings. The molecule has 26 heavy (non-hydrogen) atoms. The normalized spacial score (nSPS) is 11.8. The highest BCUT2D eigenvalue weighted by molar-refractivity contribution is 7.17. The molecule has 0 atom stereocenters. The molecule has 0 unspecified atom stereocenters. The molecule has 0 radical (unpaired) electrons. The van der Waals surface area contributed by atoms with Crippen molar-refractivity contribution in [2.45, 2.75) is 0 Å². The van der Waals surface area contributed by atoms with Crippen molar-refractivity contribution in [3.05, 3.63) is 90.3 Å². The molecule has 0 saturated heterocycles. The summed E-state index contributed by atoms with van der Waals surface area (Å²) in [6.45, 7) is 0. The van der Waals surface area contributed by atoms with Crippen LogP contribution in [-0.2, 0) is 0 Å². The third-order valence-electron chi connectivity index (χ3n) is 5.26. The zero-order chi connectivity index (χ0) is 17.1. The summed E-state index contributed by atoms with van der Waals surface area (Å²) in [5.41, 5.74) is 3.78. The fourth-order valence-electron chi connectivity index (χ4n) is 4.09. The lowest BCUT2D eigenvalue weighted by Crippen LogP contribution is -1.94. The lowest BCUT2D eigenvalue weighted by Gasteiger charge is -2.10. The van der Waals surface area contributed by atoms with Gasteiger partial charge in [0, 0.05) is 26.5 Å². The first-order valence-electron chi connectivity index (χ1n) is 8.79. The van der Waals surface area contributed by atoms with E-state index in [-0.39, 0.29) is 0 Å². The molecular weight excluding hydrogens is 334 g/mol. The Bertz CT molecular complexity index is 1430. The van der Waals surface area contributed by atoms with Crippen LogP contribution in [0.25, 0.3) is 48.4 Å². The van der Waals surface area contributed by atoms with E-state index in [9.17, 15) is 0 Å². The minimum absolute atomic E-state index is 1.22. The molecule has 2 aromatic heterocycles. The summed E-state index contributed by atoms with van der Waals surface area (Å²) in [7, 11) is 0. The number of aromatic nitrogens is 1. The maximum atomic E-state index is 2.42. The Labute approximate surface area is 154 Å². The number of hydrogen-bond acceptors (Lipinski definition) is 1. The monoisotopic (exact) mass is 349 g/mol. The molecule has 1 nitrogen and oxygen atoms in total. The van der Waals surface area contributed by atoms with Gasteiger partial charge in [0.15, 0.2) is 0 Å². The van der Waals surface area contributed by atoms with E-state index in [2.05, 4.69) is 94.9 Å². The lowest BCUT2D eigenvalue weighted by molar-refractivity contribution is 1.19. The second-order valence-corrected chi connectivity index (χ2v) is 7.63. The van der Waals surface area contributed by atoms with Crippen molar-refractivity contribution in [3.8, 4) is 5.69 Å². The van der Waals surface area contributed by atoms with E-state index in [0.29, 0.717) is 0 Å². The maximum Gasteiger partial charge on any atom is 0.0627 e. The van der Waals surface area contributed by atoms with Gasteiger partial charge < -0.3 is 4.57 Å². The minimum atomic E-state index is 1.22. The van der Waals surface area contributed by atoms with E-state index >= 15 is 0 Å². The van der Waals surface area contributed by atoms with Gasteiger partial charge in [-0.2, -0.15) is 0 Å². The van der Waals surface area contributed by atoms with Crippen molar-refractivity contribution in [2.75, 3.05) is 0 Å². The van der Waals surface area contributed by atoms with Crippen molar-refractivity contribution in [1.29, 1.82) is 0 Å². The molecule has 4 aromatic carbocycles. The Balaban J connectivity index is 1.84. The van der Waals surface area contributed by atoms with Crippen LogP contribution in [0.3, 0.4) is 0 Å². The van der Waals surface area contributed by atoms with Gasteiger partial charge in [-0.05, 0) is 46.5 Å². The van der Waals surface area contributed by atoms with E-state index in [1.54, 1.807) is 11.3 Å². The number of para-hydroxylation sites is 1. The molecule has 0 aliphatic carbocycles. The summed E-state index contributed by atoms with van der Waals surface area (Å²) in [5.74, 6) is 0. The van der Waals surface area contributed by atoms with Crippen LogP contribution in [0.5, 0.6) is 0 Å². The first-order chi connectivity index (χ1) is 12.9. The molecule has 0 aliphatic heterocycles. The molecule has 6 aromatic rings. The van der Waals surface area contributed by atoms with Crippen LogP contribution in [-0.4, -0.2) is 4.57 Å².